The van der Waals surface area contributed by atoms with Crippen LogP contribution in [0.3, 0.4) is 0 Å². The number of aliphatic hydroxyl groups excluding tert-OH is 1. The smallest absolute Gasteiger partial charge is 0.186 e. The molecule has 1 fully saturated rings. The Morgan fingerprint density at radius 1 is 1.59 bits per heavy atom. The molecule has 2 heterocycles. The molecule has 1 aliphatic rings. The lowest BCUT2D eigenvalue weighted by molar-refractivity contribution is 0.0946. The number of carbonyl (C=O) groups excluding carboxylic acids is 1. The van der Waals surface area contributed by atoms with E-state index >= 15 is 0 Å². The van der Waals surface area contributed by atoms with Gasteiger partial charge in [0, 0.05) is 13.2 Å². The molecule has 1 atom stereocenters. The fraction of sp³-hybridized carbons (Fsp3) is 0.583. The van der Waals surface area contributed by atoms with Gasteiger partial charge in [-0.15, -0.1) is 11.3 Å². The van der Waals surface area contributed by atoms with Gasteiger partial charge >= 0.3 is 0 Å². The lowest BCUT2D eigenvalue weighted by atomic mass is 10.1. The Morgan fingerprint density at radius 2 is 2.41 bits per heavy atom. The van der Waals surface area contributed by atoms with E-state index in [4.69, 9.17) is 16.7 Å². The van der Waals surface area contributed by atoms with Crippen molar-refractivity contribution in [2.45, 2.75) is 12.8 Å². The van der Waals surface area contributed by atoms with Gasteiger partial charge in [0.05, 0.1) is 15.8 Å². The minimum atomic E-state index is 0.145. The van der Waals surface area contributed by atoms with E-state index in [9.17, 15) is 4.79 Å². The lowest BCUT2D eigenvalue weighted by Crippen LogP contribution is -2.27. The zero-order valence-electron chi connectivity index (χ0n) is 9.56. The molecule has 0 spiro atoms. The lowest BCUT2D eigenvalue weighted by Gasteiger charge is -2.14. The van der Waals surface area contributed by atoms with Crippen molar-refractivity contribution in [1.29, 1.82) is 0 Å². The molecule has 0 amide bonds. The zero-order valence-corrected chi connectivity index (χ0v) is 11.1. The summed E-state index contributed by atoms with van der Waals surface area (Å²) in [6.45, 7) is 2.59. The molecule has 0 radical (unpaired) electrons. The molecule has 94 valence electrons. The van der Waals surface area contributed by atoms with Crippen LogP contribution in [0.15, 0.2) is 12.1 Å². The van der Waals surface area contributed by atoms with Crippen LogP contribution in [0.25, 0.3) is 0 Å². The fourth-order valence-corrected chi connectivity index (χ4v) is 3.19. The van der Waals surface area contributed by atoms with Crippen LogP contribution in [0.2, 0.25) is 4.34 Å². The molecule has 0 bridgehead atoms. The molecule has 0 aromatic carbocycles. The standard InChI is InChI=1S/C12H16ClNO2S/c13-12-2-1-11(17-12)10(16)8-14-5-3-9(7-14)4-6-15/h1-2,9,15H,3-8H2. The van der Waals surface area contributed by atoms with Crippen LogP contribution in [0.5, 0.6) is 0 Å². The predicted molar refractivity (Wildman–Crippen MR) is 69.9 cm³/mol. The van der Waals surface area contributed by atoms with E-state index in [0.29, 0.717) is 16.8 Å². The van der Waals surface area contributed by atoms with E-state index < -0.39 is 0 Å². The van der Waals surface area contributed by atoms with E-state index in [1.165, 1.54) is 11.3 Å². The second-order valence-corrected chi connectivity index (χ2v) is 6.14. The summed E-state index contributed by atoms with van der Waals surface area (Å²) in [4.78, 5) is 14.8. The summed E-state index contributed by atoms with van der Waals surface area (Å²) in [5.41, 5.74) is 0. The van der Waals surface area contributed by atoms with Gasteiger partial charge in [-0.1, -0.05) is 11.6 Å². The predicted octanol–water partition coefficient (Wildman–Crippen LogP) is 2.29. The highest BCUT2D eigenvalue weighted by Gasteiger charge is 2.24. The van der Waals surface area contributed by atoms with Gasteiger partial charge in [-0.3, -0.25) is 9.69 Å². The zero-order chi connectivity index (χ0) is 12.3. The van der Waals surface area contributed by atoms with E-state index in [1.807, 2.05) is 0 Å². The highest BCUT2D eigenvalue weighted by atomic mass is 35.5. The highest BCUT2D eigenvalue weighted by Crippen LogP contribution is 2.23. The number of hydrogen-bond acceptors (Lipinski definition) is 4. The van der Waals surface area contributed by atoms with Crippen molar-refractivity contribution in [3.8, 4) is 0 Å². The molecule has 3 nitrogen and oxygen atoms in total. The quantitative estimate of drug-likeness (QED) is 0.837. The van der Waals surface area contributed by atoms with E-state index in [2.05, 4.69) is 4.90 Å². The van der Waals surface area contributed by atoms with Gasteiger partial charge in [0.1, 0.15) is 0 Å². The number of rotatable bonds is 5. The average Bonchev–Trinajstić information content (AvgIpc) is 2.88. The van der Waals surface area contributed by atoms with E-state index in [0.717, 1.165) is 30.8 Å². The van der Waals surface area contributed by atoms with Crippen LogP contribution in [0.4, 0.5) is 0 Å². The van der Waals surface area contributed by atoms with E-state index in [1.54, 1.807) is 12.1 Å². The number of ketones is 1. The van der Waals surface area contributed by atoms with Crippen LogP contribution in [0.1, 0.15) is 22.5 Å². The molecule has 1 aromatic rings. The van der Waals surface area contributed by atoms with Crippen molar-refractivity contribution in [2.75, 3.05) is 26.2 Å². The molecule has 2 rings (SSSR count). The Balaban J connectivity index is 1.84. The molecule has 5 heteroatoms. The summed E-state index contributed by atoms with van der Waals surface area (Å²) < 4.78 is 0.660. The number of aliphatic hydroxyl groups is 1. The first kappa shape index (κ1) is 13.0. The molecule has 0 saturated carbocycles. The maximum Gasteiger partial charge on any atom is 0.186 e. The number of carbonyl (C=O) groups is 1. The van der Waals surface area contributed by atoms with Crippen LogP contribution in [0, 0.1) is 5.92 Å². The third-order valence-electron chi connectivity index (χ3n) is 3.12. The first-order chi connectivity index (χ1) is 8.19. The summed E-state index contributed by atoms with van der Waals surface area (Å²) in [5, 5.41) is 8.88. The second-order valence-electron chi connectivity index (χ2n) is 4.43. The highest BCUT2D eigenvalue weighted by molar-refractivity contribution is 7.18. The fourth-order valence-electron chi connectivity index (χ4n) is 2.22. The number of likely N-dealkylation sites (tertiary alicyclic amines) is 1. The van der Waals surface area contributed by atoms with Gasteiger partial charge in [0.25, 0.3) is 0 Å². The summed E-state index contributed by atoms with van der Waals surface area (Å²) in [7, 11) is 0. The summed E-state index contributed by atoms with van der Waals surface area (Å²) in [5.74, 6) is 0.686. The van der Waals surface area contributed by atoms with Crippen molar-refractivity contribution in [2.24, 2.45) is 5.92 Å². The summed E-state index contributed by atoms with van der Waals surface area (Å²) in [6.07, 6.45) is 1.93. The largest absolute Gasteiger partial charge is 0.396 e. The number of halogens is 1. The van der Waals surface area contributed by atoms with Crippen LogP contribution >= 0.6 is 22.9 Å². The van der Waals surface area contributed by atoms with Crippen LogP contribution < -0.4 is 0 Å². The van der Waals surface area contributed by atoms with Crippen molar-refractivity contribution in [1.82, 2.24) is 4.90 Å². The SMILES string of the molecule is O=C(CN1CCC(CCO)C1)c1ccc(Cl)s1. The van der Waals surface area contributed by atoms with Crippen molar-refractivity contribution < 1.29 is 9.90 Å². The van der Waals surface area contributed by atoms with Gasteiger partial charge < -0.3 is 5.11 Å². The monoisotopic (exact) mass is 273 g/mol. The maximum absolute atomic E-state index is 11.9. The summed E-state index contributed by atoms with van der Waals surface area (Å²) >= 11 is 7.15. The Morgan fingerprint density at radius 3 is 3.06 bits per heavy atom. The summed E-state index contributed by atoms with van der Waals surface area (Å²) in [6, 6.07) is 3.55. The van der Waals surface area contributed by atoms with Crippen LogP contribution in [-0.2, 0) is 0 Å². The Hall–Kier alpha value is -0.420. The third kappa shape index (κ3) is 3.52. The third-order valence-corrected chi connectivity index (χ3v) is 4.39. The molecule has 1 unspecified atom stereocenters. The topological polar surface area (TPSA) is 40.5 Å². The molecule has 17 heavy (non-hydrogen) atoms. The van der Waals surface area contributed by atoms with Crippen LogP contribution in [-0.4, -0.2) is 42.0 Å². The van der Waals surface area contributed by atoms with Gasteiger partial charge in [0.15, 0.2) is 5.78 Å². The van der Waals surface area contributed by atoms with Gasteiger partial charge in [-0.2, -0.15) is 0 Å². The Labute approximate surface area is 110 Å². The number of thiophene rings is 1. The number of Topliss-reactive ketones (excluding diaryl/α,β-unsaturated/α-hetero) is 1. The van der Waals surface area contributed by atoms with E-state index in [-0.39, 0.29) is 12.4 Å². The molecule has 1 saturated heterocycles. The normalized spacial score (nSPS) is 20.9. The van der Waals surface area contributed by atoms with Crippen molar-refractivity contribution in [3.63, 3.8) is 0 Å². The minimum absolute atomic E-state index is 0.145. The Kier molecular flexibility index (Phi) is 4.56. The molecule has 0 aliphatic carbocycles. The van der Waals surface area contributed by atoms with Crippen molar-refractivity contribution >= 4 is 28.7 Å². The van der Waals surface area contributed by atoms with Gasteiger partial charge in [-0.25, -0.2) is 0 Å². The van der Waals surface area contributed by atoms with Crippen molar-refractivity contribution in [3.05, 3.63) is 21.3 Å². The minimum Gasteiger partial charge on any atom is -0.396 e. The molecule has 1 aromatic heterocycles. The maximum atomic E-state index is 11.9. The first-order valence-corrected chi connectivity index (χ1v) is 7.00. The first-order valence-electron chi connectivity index (χ1n) is 5.81. The number of hydrogen-bond donors (Lipinski definition) is 1. The number of nitrogens with zero attached hydrogens (tertiary/aromatic N) is 1. The second kappa shape index (κ2) is 5.96. The molecular weight excluding hydrogens is 258 g/mol. The molecule has 1 aliphatic heterocycles. The van der Waals surface area contributed by atoms with Gasteiger partial charge in [-0.05, 0) is 37.4 Å². The average molecular weight is 274 g/mol. The Bertz CT molecular complexity index is 394. The van der Waals surface area contributed by atoms with Gasteiger partial charge in [0.2, 0.25) is 0 Å². The molecule has 1 N–H and O–H groups in total. The molecular formula is C12H16ClNO2S.